The lowest BCUT2D eigenvalue weighted by Gasteiger charge is -2.37. The summed E-state index contributed by atoms with van der Waals surface area (Å²) in [7, 11) is 1.72. The van der Waals surface area contributed by atoms with Gasteiger partial charge in [0, 0.05) is 19.7 Å². The minimum Gasteiger partial charge on any atom is -0.394 e. The number of methoxy groups -OCH3 is 1. The molecule has 0 saturated carbocycles. The molecule has 0 radical (unpaired) electrons. The van der Waals surface area contributed by atoms with Crippen LogP contribution in [0, 0.1) is 0 Å². The Kier molecular flexibility index (Phi) is 7.93. The van der Waals surface area contributed by atoms with Crippen molar-refractivity contribution in [2.75, 3.05) is 40.0 Å². The normalized spacial score (nSPS) is 17.4. The number of hydrogen-bond acceptors (Lipinski definition) is 4. The molecule has 0 aromatic carbocycles. The Morgan fingerprint density at radius 1 is 1.44 bits per heavy atom. The molecule has 0 aromatic rings. The van der Waals surface area contributed by atoms with E-state index in [0.717, 1.165) is 26.2 Å². The highest BCUT2D eigenvalue weighted by Crippen LogP contribution is 2.09. The zero-order valence-electron chi connectivity index (χ0n) is 11.4. The predicted octanol–water partition coefficient (Wildman–Crippen LogP) is 0.704. The monoisotopic (exact) mass is 232 g/mol. The third-order valence-electron chi connectivity index (χ3n) is 2.94. The lowest BCUT2D eigenvalue weighted by atomic mass is 10.0. The topological polar surface area (TPSA) is 44.7 Å². The molecule has 0 rings (SSSR count). The molecule has 0 aromatic heterocycles. The fourth-order valence-electron chi connectivity index (χ4n) is 1.96. The lowest BCUT2D eigenvalue weighted by Crippen LogP contribution is -2.56. The Morgan fingerprint density at radius 3 is 2.44 bits per heavy atom. The third-order valence-corrected chi connectivity index (χ3v) is 2.94. The van der Waals surface area contributed by atoms with E-state index in [1.165, 1.54) is 0 Å². The summed E-state index contributed by atoms with van der Waals surface area (Å²) in [5.74, 6) is 0. The molecule has 0 amide bonds. The Morgan fingerprint density at radius 2 is 2.06 bits per heavy atom. The molecule has 2 N–H and O–H groups in total. The largest absolute Gasteiger partial charge is 0.394 e. The van der Waals surface area contributed by atoms with Crippen molar-refractivity contribution in [2.45, 2.75) is 39.3 Å². The molecule has 98 valence electrons. The Bertz CT molecular complexity index is 178. The number of nitrogens with zero attached hydrogens (tertiary/aromatic N) is 1. The molecule has 0 aliphatic heterocycles. The summed E-state index contributed by atoms with van der Waals surface area (Å²) in [5.41, 5.74) is -0.229. The number of ether oxygens (including phenoxy) is 1. The van der Waals surface area contributed by atoms with Gasteiger partial charge in [-0.05, 0) is 26.9 Å². The van der Waals surface area contributed by atoms with E-state index in [1.54, 1.807) is 7.11 Å². The Hall–Kier alpha value is -0.160. The van der Waals surface area contributed by atoms with Crippen LogP contribution in [0.2, 0.25) is 0 Å². The van der Waals surface area contributed by atoms with Gasteiger partial charge >= 0.3 is 0 Å². The van der Waals surface area contributed by atoms with Crippen LogP contribution in [0.5, 0.6) is 0 Å². The van der Waals surface area contributed by atoms with E-state index in [2.05, 4.69) is 37.9 Å². The second-order valence-corrected chi connectivity index (χ2v) is 4.62. The highest BCUT2D eigenvalue weighted by atomic mass is 16.5. The average Bonchev–Trinajstić information content (AvgIpc) is 2.26. The number of rotatable bonds is 9. The van der Waals surface area contributed by atoms with Crippen LogP contribution in [-0.4, -0.2) is 61.5 Å². The van der Waals surface area contributed by atoms with E-state index in [1.807, 2.05) is 0 Å². The van der Waals surface area contributed by atoms with E-state index in [0.29, 0.717) is 6.04 Å². The number of likely N-dealkylation sites (N-methyl/N-ethyl adjacent to an activating group) is 2. The zero-order chi connectivity index (χ0) is 12.6. The smallest absolute Gasteiger partial charge is 0.0623 e. The van der Waals surface area contributed by atoms with Crippen molar-refractivity contribution in [1.29, 1.82) is 0 Å². The maximum atomic E-state index is 9.45. The van der Waals surface area contributed by atoms with Gasteiger partial charge in [-0.25, -0.2) is 0 Å². The standard InChI is InChI=1S/C12H28N2O2/c1-6-13-12(4,10-15)9-14(7-2)11(3)8-16-5/h11,13,15H,6-10H2,1-5H3. The highest BCUT2D eigenvalue weighted by molar-refractivity contribution is 4.86. The lowest BCUT2D eigenvalue weighted by molar-refractivity contribution is 0.0640. The van der Waals surface area contributed by atoms with Crippen molar-refractivity contribution < 1.29 is 9.84 Å². The molecule has 16 heavy (non-hydrogen) atoms. The second-order valence-electron chi connectivity index (χ2n) is 4.62. The van der Waals surface area contributed by atoms with Gasteiger partial charge in [-0.3, -0.25) is 4.90 Å². The molecule has 0 spiro atoms. The first-order valence-corrected chi connectivity index (χ1v) is 6.11. The maximum absolute atomic E-state index is 9.45. The number of hydrogen-bond donors (Lipinski definition) is 2. The summed E-state index contributed by atoms with van der Waals surface area (Å²) < 4.78 is 5.17. The molecule has 0 bridgehead atoms. The van der Waals surface area contributed by atoms with Crippen molar-refractivity contribution >= 4 is 0 Å². The van der Waals surface area contributed by atoms with Crippen LogP contribution < -0.4 is 5.32 Å². The quantitative estimate of drug-likeness (QED) is 0.614. The fourth-order valence-corrected chi connectivity index (χ4v) is 1.96. The SMILES string of the molecule is CCNC(C)(CO)CN(CC)C(C)COC. The van der Waals surface area contributed by atoms with Crippen LogP contribution in [0.4, 0.5) is 0 Å². The molecule has 0 heterocycles. The number of aliphatic hydroxyl groups is 1. The van der Waals surface area contributed by atoms with Gasteiger partial charge in [0.05, 0.1) is 18.8 Å². The van der Waals surface area contributed by atoms with E-state index < -0.39 is 0 Å². The van der Waals surface area contributed by atoms with Gasteiger partial charge < -0.3 is 15.2 Å². The van der Waals surface area contributed by atoms with Crippen LogP contribution >= 0.6 is 0 Å². The summed E-state index contributed by atoms with van der Waals surface area (Å²) in [6.07, 6.45) is 0. The van der Waals surface area contributed by atoms with Gasteiger partial charge in [-0.1, -0.05) is 13.8 Å². The first-order chi connectivity index (χ1) is 7.52. The first kappa shape index (κ1) is 15.8. The van der Waals surface area contributed by atoms with E-state index >= 15 is 0 Å². The minimum atomic E-state index is -0.229. The zero-order valence-corrected chi connectivity index (χ0v) is 11.4. The summed E-state index contributed by atoms with van der Waals surface area (Å²) in [5, 5.41) is 12.8. The van der Waals surface area contributed by atoms with Crippen LogP contribution in [0.15, 0.2) is 0 Å². The van der Waals surface area contributed by atoms with Gasteiger partial charge in [-0.15, -0.1) is 0 Å². The second kappa shape index (κ2) is 8.01. The summed E-state index contributed by atoms with van der Waals surface area (Å²) in [6.45, 7) is 11.9. The molecular formula is C12H28N2O2. The van der Waals surface area contributed by atoms with Gasteiger partial charge in [0.15, 0.2) is 0 Å². The summed E-state index contributed by atoms with van der Waals surface area (Å²) in [4.78, 5) is 2.32. The molecule has 0 aliphatic rings. The van der Waals surface area contributed by atoms with E-state index in [4.69, 9.17) is 4.74 Å². The van der Waals surface area contributed by atoms with Gasteiger partial charge in [0.25, 0.3) is 0 Å². The van der Waals surface area contributed by atoms with Crippen LogP contribution in [-0.2, 0) is 4.74 Å². The minimum absolute atomic E-state index is 0.150. The predicted molar refractivity (Wildman–Crippen MR) is 67.8 cm³/mol. The summed E-state index contributed by atoms with van der Waals surface area (Å²) >= 11 is 0. The fraction of sp³-hybridized carbons (Fsp3) is 1.00. The summed E-state index contributed by atoms with van der Waals surface area (Å²) in [6, 6.07) is 0.375. The third kappa shape index (κ3) is 5.25. The van der Waals surface area contributed by atoms with E-state index in [-0.39, 0.29) is 12.1 Å². The molecule has 2 unspecified atom stereocenters. The average molecular weight is 232 g/mol. The van der Waals surface area contributed by atoms with Crippen molar-refractivity contribution in [3.05, 3.63) is 0 Å². The molecule has 0 aliphatic carbocycles. The van der Waals surface area contributed by atoms with Crippen molar-refractivity contribution in [2.24, 2.45) is 0 Å². The molecule has 4 heteroatoms. The Labute approximate surface area is 100.0 Å². The highest BCUT2D eigenvalue weighted by Gasteiger charge is 2.26. The number of aliphatic hydroxyl groups excluding tert-OH is 1. The first-order valence-electron chi connectivity index (χ1n) is 6.11. The van der Waals surface area contributed by atoms with E-state index in [9.17, 15) is 5.11 Å². The van der Waals surface area contributed by atoms with Gasteiger partial charge in [0.1, 0.15) is 0 Å². The molecule has 2 atom stereocenters. The van der Waals surface area contributed by atoms with Crippen LogP contribution in [0.3, 0.4) is 0 Å². The van der Waals surface area contributed by atoms with Crippen molar-refractivity contribution in [3.63, 3.8) is 0 Å². The molecular weight excluding hydrogens is 204 g/mol. The molecule has 0 saturated heterocycles. The van der Waals surface area contributed by atoms with Crippen LogP contribution in [0.25, 0.3) is 0 Å². The Balaban J connectivity index is 4.37. The maximum Gasteiger partial charge on any atom is 0.0623 e. The van der Waals surface area contributed by atoms with Gasteiger partial charge in [-0.2, -0.15) is 0 Å². The van der Waals surface area contributed by atoms with Crippen molar-refractivity contribution in [1.82, 2.24) is 10.2 Å². The van der Waals surface area contributed by atoms with Gasteiger partial charge in [0.2, 0.25) is 0 Å². The number of nitrogens with one attached hydrogen (secondary N) is 1. The van der Waals surface area contributed by atoms with Crippen LogP contribution in [0.1, 0.15) is 27.7 Å². The van der Waals surface area contributed by atoms with Crippen molar-refractivity contribution in [3.8, 4) is 0 Å². The molecule has 0 fully saturated rings. The molecule has 4 nitrogen and oxygen atoms in total.